The lowest BCUT2D eigenvalue weighted by Gasteiger charge is -2.08. The molecule has 0 aliphatic rings. The zero-order valence-corrected chi connectivity index (χ0v) is 16.1. The Kier molecular flexibility index (Phi) is 5.57. The van der Waals surface area contributed by atoms with Crippen LogP contribution in [-0.2, 0) is 16.6 Å². The molecule has 0 radical (unpaired) electrons. The van der Waals surface area contributed by atoms with Crippen LogP contribution in [0.25, 0.3) is 22.6 Å². The summed E-state index contributed by atoms with van der Waals surface area (Å²) in [4.78, 5) is 15.2. The standard InChI is InChI=1S/C17H14ClFN4O5S/c18-12-7-10(3-6-13(12)19)15-16(28-14(22-15)8-23(25)17(20)24)9-1-4-11(5-2-9)29(21,26)27/h1-7,25H,8H2,(H2,20,24)(H2,21,26,27). The van der Waals surface area contributed by atoms with Crippen LogP contribution in [0.3, 0.4) is 0 Å². The van der Waals surface area contributed by atoms with Crippen molar-refractivity contribution in [1.29, 1.82) is 0 Å². The lowest BCUT2D eigenvalue weighted by molar-refractivity contribution is -0.0523. The van der Waals surface area contributed by atoms with E-state index in [1.165, 1.54) is 36.4 Å². The summed E-state index contributed by atoms with van der Waals surface area (Å²) in [7, 11) is -3.89. The van der Waals surface area contributed by atoms with Gasteiger partial charge in [-0.15, -0.1) is 0 Å². The number of carbonyl (C=O) groups is 1. The van der Waals surface area contributed by atoms with Gasteiger partial charge in [0, 0.05) is 11.1 Å². The molecule has 0 saturated heterocycles. The first-order chi connectivity index (χ1) is 13.6. The minimum atomic E-state index is -3.89. The third kappa shape index (κ3) is 4.54. The maximum Gasteiger partial charge on any atom is 0.339 e. The molecule has 0 spiro atoms. The summed E-state index contributed by atoms with van der Waals surface area (Å²) in [6, 6.07) is 8.18. The monoisotopic (exact) mass is 440 g/mol. The molecule has 0 saturated carbocycles. The lowest BCUT2D eigenvalue weighted by atomic mass is 10.1. The molecule has 2 aromatic carbocycles. The van der Waals surface area contributed by atoms with Gasteiger partial charge in [0.05, 0.1) is 9.92 Å². The highest BCUT2D eigenvalue weighted by atomic mass is 35.5. The number of urea groups is 1. The van der Waals surface area contributed by atoms with Crippen LogP contribution in [0.4, 0.5) is 9.18 Å². The Labute approximate surface area is 169 Å². The highest BCUT2D eigenvalue weighted by molar-refractivity contribution is 7.89. The van der Waals surface area contributed by atoms with Gasteiger partial charge in [-0.3, -0.25) is 5.21 Å². The van der Waals surface area contributed by atoms with Crippen LogP contribution in [0.1, 0.15) is 5.89 Å². The highest BCUT2D eigenvalue weighted by Crippen LogP contribution is 2.35. The number of halogens is 2. The molecule has 0 aliphatic carbocycles. The predicted octanol–water partition coefficient (Wildman–Crippen LogP) is 2.72. The van der Waals surface area contributed by atoms with Crippen molar-refractivity contribution in [1.82, 2.24) is 10.0 Å². The summed E-state index contributed by atoms with van der Waals surface area (Å²) in [6.07, 6.45) is 0. The fourth-order valence-electron chi connectivity index (χ4n) is 2.47. The fourth-order valence-corrected chi connectivity index (χ4v) is 3.16. The number of nitrogens with zero attached hydrogens (tertiary/aromatic N) is 2. The van der Waals surface area contributed by atoms with E-state index in [0.29, 0.717) is 11.1 Å². The molecule has 1 heterocycles. The SMILES string of the molecule is NC(=O)N(O)Cc1nc(-c2ccc(F)c(Cl)c2)c(-c2ccc(S(N)(=O)=O)cc2)o1. The quantitative estimate of drug-likeness (QED) is 0.409. The van der Waals surface area contributed by atoms with E-state index in [9.17, 15) is 22.8 Å². The Morgan fingerprint density at radius 1 is 1.21 bits per heavy atom. The number of hydrogen-bond donors (Lipinski definition) is 3. The number of sulfonamides is 1. The Hall–Kier alpha value is -2.99. The summed E-state index contributed by atoms with van der Waals surface area (Å²) in [5, 5.41) is 14.7. The molecule has 2 amide bonds. The molecule has 3 rings (SSSR count). The van der Waals surface area contributed by atoms with Crippen LogP contribution in [-0.4, -0.2) is 29.7 Å². The number of aromatic nitrogens is 1. The minimum absolute atomic E-state index is 0.0766. The number of amides is 2. The van der Waals surface area contributed by atoms with Crippen molar-refractivity contribution < 1.29 is 27.2 Å². The number of primary sulfonamides is 1. The number of benzene rings is 2. The van der Waals surface area contributed by atoms with Crippen molar-refractivity contribution in [3.05, 3.63) is 59.2 Å². The summed E-state index contributed by atoms with van der Waals surface area (Å²) >= 11 is 5.84. The second-order valence-electron chi connectivity index (χ2n) is 5.88. The Morgan fingerprint density at radius 2 is 1.83 bits per heavy atom. The number of nitrogens with two attached hydrogens (primary N) is 2. The van der Waals surface area contributed by atoms with Crippen LogP contribution in [0, 0.1) is 5.82 Å². The van der Waals surface area contributed by atoms with E-state index < -0.39 is 28.4 Å². The van der Waals surface area contributed by atoms with E-state index in [4.69, 9.17) is 26.9 Å². The molecular weight excluding hydrogens is 427 g/mol. The van der Waals surface area contributed by atoms with Crippen molar-refractivity contribution in [3.8, 4) is 22.6 Å². The van der Waals surface area contributed by atoms with Gasteiger partial charge in [-0.25, -0.2) is 27.7 Å². The van der Waals surface area contributed by atoms with Gasteiger partial charge in [0.15, 0.2) is 5.76 Å². The third-order valence-electron chi connectivity index (χ3n) is 3.85. The second-order valence-corrected chi connectivity index (χ2v) is 7.85. The van der Waals surface area contributed by atoms with Crippen molar-refractivity contribution in [2.45, 2.75) is 11.4 Å². The van der Waals surface area contributed by atoms with Crippen molar-refractivity contribution in [3.63, 3.8) is 0 Å². The molecule has 0 unspecified atom stereocenters. The van der Waals surface area contributed by atoms with Crippen molar-refractivity contribution >= 4 is 27.7 Å². The first-order valence-electron chi connectivity index (χ1n) is 7.90. The molecule has 29 heavy (non-hydrogen) atoms. The molecule has 3 aromatic rings. The van der Waals surface area contributed by atoms with Gasteiger partial charge in [0.1, 0.15) is 18.1 Å². The lowest BCUT2D eigenvalue weighted by Crippen LogP contribution is -2.32. The molecule has 12 heteroatoms. The first-order valence-corrected chi connectivity index (χ1v) is 9.83. The fraction of sp³-hybridized carbons (Fsp3) is 0.0588. The second kappa shape index (κ2) is 7.79. The number of primary amides is 1. The molecule has 0 aliphatic heterocycles. The van der Waals surface area contributed by atoms with Gasteiger partial charge in [0.25, 0.3) is 0 Å². The number of hydrogen-bond acceptors (Lipinski definition) is 6. The average molecular weight is 441 g/mol. The molecule has 9 nitrogen and oxygen atoms in total. The van der Waals surface area contributed by atoms with Crippen molar-refractivity contribution in [2.75, 3.05) is 0 Å². The topological polar surface area (TPSA) is 153 Å². The van der Waals surface area contributed by atoms with E-state index in [-0.39, 0.29) is 32.3 Å². The molecule has 0 bridgehead atoms. The highest BCUT2D eigenvalue weighted by Gasteiger charge is 2.21. The van der Waals surface area contributed by atoms with E-state index >= 15 is 0 Å². The van der Waals surface area contributed by atoms with Crippen LogP contribution < -0.4 is 10.9 Å². The Balaban J connectivity index is 2.11. The molecule has 5 N–H and O–H groups in total. The largest absolute Gasteiger partial charge is 0.438 e. The summed E-state index contributed by atoms with van der Waals surface area (Å²) < 4.78 is 42.0. The van der Waals surface area contributed by atoms with Crippen LogP contribution in [0.15, 0.2) is 51.8 Å². The summed E-state index contributed by atoms with van der Waals surface area (Å²) in [5.41, 5.74) is 6.01. The maximum absolute atomic E-state index is 13.5. The number of rotatable bonds is 5. The van der Waals surface area contributed by atoms with Crippen LogP contribution >= 0.6 is 11.6 Å². The minimum Gasteiger partial charge on any atom is -0.438 e. The summed E-state index contributed by atoms with van der Waals surface area (Å²) in [6.45, 7) is -0.452. The first kappa shape index (κ1) is 20.7. The summed E-state index contributed by atoms with van der Waals surface area (Å²) in [5.74, 6) is -0.540. The van der Waals surface area contributed by atoms with Crippen LogP contribution in [0.5, 0.6) is 0 Å². The van der Waals surface area contributed by atoms with Crippen LogP contribution in [0.2, 0.25) is 5.02 Å². The van der Waals surface area contributed by atoms with Gasteiger partial charge in [-0.05, 0) is 42.5 Å². The normalized spacial score (nSPS) is 11.4. The number of hydroxylamine groups is 2. The zero-order chi connectivity index (χ0) is 21.3. The maximum atomic E-state index is 13.5. The van der Waals surface area contributed by atoms with Gasteiger partial charge in [-0.1, -0.05) is 11.6 Å². The Bertz CT molecular complexity index is 1180. The molecule has 0 fully saturated rings. The number of oxazole rings is 1. The smallest absolute Gasteiger partial charge is 0.339 e. The van der Waals surface area contributed by atoms with Gasteiger partial charge < -0.3 is 10.2 Å². The molecule has 0 atom stereocenters. The van der Waals surface area contributed by atoms with Crippen molar-refractivity contribution in [2.24, 2.45) is 10.9 Å². The van der Waals surface area contributed by atoms with E-state index in [2.05, 4.69) is 4.98 Å². The van der Waals surface area contributed by atoms with E-state index in [0.717, 1.165) is 6.07 Å². The molecule has 1 aromatic heterocycles. The number of carbonyl (C=O) groups excluding carboxylic acids is 1. The van der Waals surface area contributed by atoms with E-state index in [1.54, 1.807) is 0 Å². The van der Waals surface area contributed by atoms with Gasteiger partial charge >= 0.3 is 6.03 Å². The van der Waals surface area contributed by atoms with E-state index in [1.807, 2.05) is 0 Å². The average Bonchev–Trinajstić information content (AvgIpc) is 3.07. The predicted molar refractivity (Wildman–Crippen MR) is 101 cm³/mol. The molecular formula is C17H14ClFN4O5S. The third-order valence-corrected chi connectivity index (χ3v) is 5.07. The molecule has 152 valence electrons. The van der Waals surface area contributed by atoms with Gasteiger partial charge in [0.2, 0.25) is 15.9 Å². The van der Waals surface area contributed by atoms with Gasteiger partial charge in [-0.2, -0.15) is 5.06 Å². The Morgan fingerprint density at radius 3 is 2.38 bits per heavy atom. The zero-order valence-electron chi connectivity index (χ0n) is 14.5.